The summed E-state index contributed by atoms with van der Waals surface area (Å²) >= 11 is 0. The van der Waals surface area contributed by atoms with Crippen molar-refractivity contribution >= 4 is 16.8 Å². The summed E-state index contributed by atoms with van der Waals surface area (Å²) in [6, 6.07) is 15.2. The minimum absolute atomic E-state index is 0.0940. The minimum Gasteiger partial charge on any atom is -0.331 e. The number of fused-ring (bicyclic) bond motifs is 1. The van der Waals surface area contributed by atoms with Crippen LogP contribution in [0.25, 0.3) is 10.8 Å². The summed E-state index contributed by atoms with van der Waals surface area (Å²) in [5.74, 6) is 0.986. The van der Waals surface area contributed by atoms with E-state index in [1.54, 1.807) is 0 Å². The standard InChI is InChI=1S/C17H19N3O/c1-11(2)16-19-17(21-20-16)18-12(3)14-10-6-8-13-7-4-5-9-15(13)14/h4-12H,1-3H3,(H,18,19,20). The van der Waals surface area contributed by atoms with Gasteiger partial charge in [-0.05, 0) is 23.3 Å². The molecule has 0 saturated carbocycles. The van der Waals surface area contributed by atoms with Crippen molar-refractivity contribution in [1.82, 2.24) is 10.1 Å². The van der Waals surface area contributed by atoms with Gasteiger partial charge in [0.2, 0.25) is 0 Å². The Morgan fingerprint density at radius 1 is 1.00 bits per heavy atom. The number of benzene rings is 2. The van der Waals surface area contributed by atoms with Crippen LogP contribution in [0.15, 0.2) is 47.0 Å². The zero-order valence-corrected chi connectivity index (χ0v) is 12.5. The first kappa shape index (κ1) is 13.6. The Kier molecular flexibility index (Phi) is 3.60. The molecule has 0 radical (unpaired) electrons. The van der Waals surface area contributed by atoms with E-state index in [9.17, 15) is 0 Å². The van der Waals surface area contributed by atoms with Crippen molar-refractivity contribution < 1.29 is 4.52 Å². The average molecular weight is 281 g/mol. The lowest BCUT2D eigenvalue weighted by molar-refractivity contribution is 0.416. The van der Waals surface area contributed by atoms with Gasteiger partial charge in [-0.1, -0.05) is 61.5 Å². The fourth-order valence-corrected chi connectivity index (χ4v) is 2.42. The highest BCUT2D eigenvalue weighted by atomic mass is 16.5. The van der Waals surface area contributed by atoms with Gasteiger partial charge in [0, 0.05) is 5.92 Å². The monoisotopic (exact) mass is 281 g/mol. The molecule has 0 bridgehead atoms. The number of hydrogen-bond acceptors (Lipinski definition) is 4. The molecule has 108 valence electrons. The lowest BCUT2D eigenvalue weighted by Crippen LogP contribution is -2.07. The Hall–Kier alpha value is -2.36. The molecule has 0 fully saturated rings. The van der Waals surface area contributed by atoms with Crippen LogP contribution in [0, 0.1) is 0 Å². The van der Waals surface area contributed by atoms with Crippen molar-refractivity contribution in [2.45, 2.75) is 32.7 Å². The van der Waals surface area contributed by atoms with Crippen LogP contribution in [0.5, 0.6) is 0 Å². The minimum atomic E-state index is 0.0940. The van der Waals surface area contributed by atoms with Gasteiger partial charge in [0.15, 0.2) is 5.82 Å². The number of hydrogen-bond donors (Lipinski definition) is 1. The van der Waals surface area contributed by atoms with Crippen LogP contribution in [0.1, 0.15) is 44.1 Å². The molecule has 1 unspecified atom stereocenters. The molecule has 0 aliphatic carbocycles. The Bertz CT molecular complexity index is 743. The van der Waals surface area contributed by atoms with Crippen LogP contribution in [0.3, 0.4) is 0 Å². The topological polar surface area (TPSA) is 51.0 Å². The highest BCUT2D eigenvalue weighted by Crippen LogP contribution is 2.26. The summed E-state index contributed by atoms with van der Waals surface area (Å²) in [5.41, 5.74) is 1.22. The molecule has 4 heteroatoms. The van der Waals surface area contributed by atoms with Gasteiger partial charge in [0.05, 0.1) is 6.04 Å². The lowest BCUT2D eigenvalue weighted by atomic mass is 10.00. The van der Waals surface area contributed by atoms with E-state index in [0.717, 1.165) is 5.82 Å². The molecule has 1 atom stereocenters. The Labute approximate surface area is 124 Å². The van der Waals surface area contributed by atoms with Gasteiger partial charge in [-0.3, -0.25) is 0 Å². The van der Waals surface area contributed by atoms with E-state index < -0.39 is 0 Å². The second kappa shape index (κ2) is 5.56. The fourth-order valence-electron chi connectivity index (χ4n) is 2.42. The number of aromatic nitrogens is 2. The Balaban J connectivity index is 1.88. The molecule has 3 aromatic rings. The molecule has 4 nitrogen and oxygen atoms in total. The number of nitrogens with one attached hydrogen (secondary N) is 1. The molecule has 1 N–H and O–H groups in total. The van der Waals surface area contributed by atoms with E-state index in [1.165, 1.54) is 16.3 Å². The SMILES string of the molecule is CC(C)c1noc(NC(C)c2cccc3ccccc23)n1. The average Bonchev–Trinajstić information content (AvgIpc) is 2.95. The first-order chi connectivity index (χ1) is 10.1. The van der Waals surface area contributed by atoms with Crippen LogP contribution in [0.2, 0.25) is 0 Å². The molecule has 1 heterocycles. The molecular formula is C17H19N3O. The maximum atomic E-state index is 5.26. The van der Waals surface area contributed by atoms with E-state index in [0.29, 0.717) is 6.01 Å². The summed E-state index contributed by atoms with van der Waals surface area (Å²) in [4.78, 5) is 4.37. The maximum absolute atomic E-state index is 5.26. The van der Waals surface area contributed by atoms with Crippen molar-refractivity contribution in [3.63, 3.8) is 0 Å². The van der Waals surface area contributed by atoms with Crippen molar-refractivity contribution in [2.75, 3.05) is 5.32 Å². The van der Waals surface area contributed by atoms with Crippen LogP contribution in [-0.4, -0.2) is 10.1 Å². The predicted molar refractivity (Wildman–Crippen MR) is 84.4 cm³/mol. The van der Waals surface area contributed by atoms with Crippen LogP contribution < -0.4 is 5.32 Å². The van der Waals surface area contributed by atoms with E-state index in [2.05, 4.69) is 64.8 Å². The van der Waals surface area contributed by atoms with Crippen LogP contribution in [0.4, 0.5) is 6.01 Å². The summed E-state index contributed by atoms with van der Waals surface area (Å²) in [5, 5.41) is 9.73. The molecule has 0 saturated heterocycles. The number of anilines is 1. The molecule has 3 rings (SSSR count). The van der Waals surface area contributed by atoms with E-state index in [1.807, 2.05) is 13.8 Å². The highest BCUT2D eigenvalue weighted by molar-refractivity contribution is 5.86. The van der Waals surface area contributed by atoms with Gasteiger partial charge in [-0.2, -0.15) is 4.98 Å². The van der Waals surface area contributed by atoms with Gasteiger partial charge >= 0.3 is 6.01 Å². The van der Waals surface area contributed by atoms with E-state index in [4.69, 9.17) is 4.52 Å². The van der Waals surface area contributed by atoms with Crippen LogP contribution in [-0.2, 0) is 0 Å². The summed E-state index contributed by atoms with van der Waals surface area (Å²) in [7, 11) is 0. The van der Waals surface area contributed by atoms with Crippen molar-refractivity contribution in [3.8, 4) is 0 Å². The van der Waals surface area contributed by atoms with E-state index in [-0.39, 0.29) is 12.0 Å². The van der Waals surface area contributed by atoms with E-state index >= 15 is 0 Å². The van der Waals surface area contributed by atoms with Crippen LogP contribution >= 0.6 is 0 Å². The third-order valence-electron chi connectivity index (χ3n) is 3.59. The van der Waals surface area contributed by atoms with Crippen molar-refractivity contribution in [3.05, 3.63) is 53.9 Å². The summed E-state index contributed by atoms with van der Waals surface area (Å²) in [6.45, 7) is 6.19. The zero-order valence-electron chi connectivity index (χ0n) is 12.5. The highest BCUT2D eigenvalue weighted by Gasteiger charge is 2.14. The maximum Gasteiger partial charge on any atom is 0.321 e. The Morgan fingerprint density at radius 2 is 1.76 bits per heavy atom. The van der Waals surface area contributed by atoms with Gasteiger partial charge in [0.1, 0.15) is 0 Å². The lowest BCUT2D eigenvalue weighted by Gasteiger charge is -2.14. The first-order valence-corrected chi connectivity index (χ1v) is 7.23. The van der Waals surface area contributed by atoms with Gasteiger partial charge in [0.25, 0.3) is 0 Å². The molecule has 1 aromatic heterocycles. The third kappa shape index (κ3) is 2.75. The summed E-state index contributed by atoms with van der Waals surface area (Å²) in [6.07, 6.45) is 0. The third-order valence-corrected chi connectivity index (χ3v) is 3.59. The smallest absolute Gasteiger partial charge is 0.321 e. The van der Waals surface area contributed by atoms with Gasteiger partial charge in [-0.25, -0.2) is 0 Å². The van der Waals surface area contributed by atoms with Gasteiger partial charge < -0.3 is 9.84 Å². The molecular weight excluding hydrogens is 262 g/mol. The fraction of sp³-hybridized carbons (Fsp3) is 0.294. The molecule has 2 aromatic carbocycles. The molecule has 0 aliphatic heterocycles. The zero-order chi connectivity index (χ0) is 14.8. The second-order valence-corrected chi connectivity index (χ2v) is 5.55. The largest absolute Gasteiger partial charge is 0.331 e. The normalized spacial score (nSPS) is 12.8. The summed E-state index contributed by atoms with van der Waals surface area (Å²) < 4.78 is 5.26. The molecule has 0 spiro atoms. The molecule has 0 aliphatic rings. The first-order valence-electron chi connectivity index (χ1n) is 7.23. The number of rotatable bonds is 4. The van der Waals surface area contributed by atoms with Gasteiger partial charge in [-0.15, -0.1) is 0 Å². The Morgan fingerprint density at radius 3 is 2.52 bits per heavy atom. The second-order valence-electron chi connectivity index (χ2n) is 5.55. The number of nitrogens with zero attached hydrogens (tertiary/aromatic N) is 2. The molecule has 21 heavy (non-hydrogen) atoms. The van der Waals surface area contributed by atoms with Crippen molar-refractivity contribution in [2.24, 2.45) is 0 Å². The van der Waals surface area contributed by atoms with Crippen molar-refractivity contribution in [1.29, 1.82) is 0 Å². The molecule has 0 amide bonds. The quantitative estimate of drug-likeness (QED) is 0.764. The predicted octanol–water partition coefficient (Wildman–Crippen LogP) is 4.52.